The van der Waals surface area contributed by atoms with Gasteiger partial charge in [0.25, 0.3) is 0 Å². The molecule has 0 atom stereocenters. The van der Waals surface area contributed by atoms with Crippen LogP contribution in [0, 0.1) is 10.8 Å². The van der Waals surface area contributed by atoms with Gasteiger partial charge in [-0.2, -0.15) is 0 Å². The Morgan fingerprint density at radius 3 is 0.588 bits per heavy atom. The molecule has 0 spiro atoms. The first-order chi connectivity index (χ1) is 15.3. The molecule has 0 amide bonds. The lowest BCUT2D eigenvalue weighted by Gasteiger charge is -2.16. The van der Waals surface area contributed by atoms with Crippen molar-refractivity contribution >= 4 is 23.9 Å². The standard InChI is InChI=1S/2C5H12O2.4C3H4O2/c2*1-5(2,3-6)4-7;4*1-2-3(4)5/h2*6-7H,3-4H2,1-2H3;4*2H,1H2,(H,4,5). The fourth-order valence-corrected chi connectivity index (χ4v) is 0.1000. The zero-order chi connectivity index (χ0) is 29.0. The van der Waals surface area contributed by atoms with E-state index in [0.29, 0.717) is 0 Å². The summed E-state index contributed by atoms with van der Waals surface area (Å²) in [6.07, 6.45) is 3.33. The van der Waals surface area contributed by atoms with Crippen LogP contribution in [0.25, 0.3) is 0 Å². The number of carboxylic acids is 4. The van der Waals surface area contributed by atoms with E-state index in [0.717, 1.165) is 24.3 Å². The summed E-state index contributed by atoms with van der Waals surface area (Å²) in [6, 6.07) is 0. The fourth-order valence-electron chi connectivity index (χ4n) is 0.1000. The van der Waals surface area contributed by atoms with Crippen LogP contribution in [-0.2, 0) is 19.2 Å². The molecule has 8 N–H and O–H groups in total. The van der Waals surface area contributed by atoms with Crippen molar-refractivity contribution < 1.29 is 60.0 Å². The zero-order valence-corrected chi connectivity index (χ0v) is 20.2. The number of carbonyl (C=O) groups is 4. The third kappa shape index (κ3) is 79.0. The van der Waals surface area contributed by atoms with Crippen molar-refractivity contribution in [2.45, 2.75) is 27.7 Å². The van der Waals surface area contributed by atoms with Crippen LogP contribution in [0.15, 0.2) is 50.6 Å². The smallest absolute Gasteiger partial charge is 0.327 e. The van der Waals surface area contributed by atoms with Crippen LogP contribution in [0.4, 0.5) is 0 Å². The van der Waals surface area contributed by atoms with Gasteiger partial charge in [0, 0.05) is 35.1 Å². The van der Waals surface area contributed by atoms with Crippen LogP contribution in [0.3, 0.4) is 0 Å². The van der Waals surface area contributed by atoms with Gasteiger partial charge < -0.3 is 40.9 Å². The minimum atomic E-state index is -0.981. The molecule has 0 heterocycles. The Hall–Kier alpha value is -3.32. The van der Waals surface area contributed by atoms with Crippen molar-refractivity contribution in [3.8, 4) is 0 Å². The van der Waals surface area contributed by atoms with Crippen molar-refractivity contribution in [1.82, 2.24) is 0 Å². The summed E-state index contributed by atoms with van der Waals surface area (Å²) in [5, 5.41) is 64.2. The van der Waals surface area contributed by atoms with Crippen LogP contribution < -0.4 is 0 Å². The van der Waals surface area contributed by atoms with Gasteiger partial charge in [0.05, 0.1) is 26.4 Å². The van der Waals surface area contributed by atoms with Crippen molar-refractivity contribution in [1.29, 1.82) is 0 Å². The largest absolute Gasteiger partial charge is 0.478 e. The molecule has 0 bridgehead atoms. The summed E-state index contributed by atoms with van der Waals surface area (Å²) in [7, 11) is 0. The van der Waals surface area contributed by atoms with Gasteiger partial charge in [-0.1, -0.05) is 54.0 Å². The molecule has 0 aromatic rings. The van der Waals surface area contributed by atoms with Crippen LogP contribution in [0.1, 0.15) is 27.7 Å². The Morgan fingerprint density at radius 2 is 0.588 bits per heavy atom. The van der Waals surface area contributed by atoms with Gasteiger partial charge in [-0.05, 0) is 0 Å². The van der Waals surface area contributed by atoms with E-state index in [1.165, 1.54) is 0 Å². The van der Waals surface area contributed by atoms with E-state index in [-0.39, 0.29) is 37.3 Å². The number of rotatable bonds is 8. The van der Waals surface area contributed by atoms with E-state index in [1.54, 1.807) is 27.7 Å². The van der Waals surface area contributed by atoms with E-state index in [9.17, 15) is 19.2 Å². The Balaban J connectivity index is -0.0000000697. The van der Waals surface area contributed by atoms with E-state index in [2.05, 4.69) is 26.3 Å². The first-order valence-corrected chi connectivity index (χ1v) is 9.18. The third-order valence-corrected chi connectivity index (χ3v) is 2.41. The average Bonchev–Trinajstić information content (AvgIpc) is 2.80. The predicted octanol–water partition coefficient (Wildman–Crippen LogP) is 1.02. The van der Waals surface area contributed by atoms with Crippen molar-refractivity contribution in [2.75, 3.05) is 26.4 Å². The molecule has 200 valence electrons. The summed E-state index contributed by atoms with van der Waals surface area (Å²) in [6.45, 7) is 19.2. The number of carboxylic acid groups (broad SMARTS) is 4. The molecule has 0 rings (SSSR count). The molecular weight excluding hydrogens is 456 g/mol. The maximum Gasteiger partial charge on any atom is 0.327 e. The van der Waals surface area contributed by atoms with Crippen LogP contribution >= 0.6 is 0 Å². The first kappa shape index (κ1) is 44.4. The Bertz CT molecular complexity index is 493. The minimum Gasteiger partial charge on any atom is -0.478 e. The average molecular weight is 497 g/mol. The van der Waals surface area contributed by atoms with Crippen molar-refractivity contribution in [3.05, 3.63) is 50.6 Å². The second-order valence-corrected chi connectivity index (χ2v) is 7.13. The number of hydrogen-bond donors (Lipinski definition) is 8. The second-order valence-electron chi connectivity index (χ2n) is 7.13. The molecule has 0 aliphatic rings. The number of aliphatic hydroxyl groups is 4. The summed E-state index contributed by atoms with van der Waals surface area (Å²) in [5.74, 6) is -3.93. The van der Waals surface area contributed by atoms with E-state index in [4.69, 9.17) is 40.9 Å². The second kappa shape index (κ2) is 29.7. The van der Waals surface area contributed by atoms with Gasteiger partial charge in [-0.15, -0.1) is 0 Å². The Morgan fingerprint density at radius 1 is 0.500 bits per heavy atom. The van der Waals surface area contributed by atoms with E-state index >= 15 is 0 Å². The van der Waals surface area contributed by atoms with Gasteiger partial charge in [0.1, 0.15) is 0 Å². The molecule has 0 aliphatic heterocycles. The summed E-state index contributed by atoms with van der Waals surface area (Å²) < 4.78 is 0. The summed E-state index contributed by atoms with van der Waals surface area (Å²) in [5.41, 5.74) is -0.611. The lowest BCUT2D eigenvalue weighted by Crippen LogP contribution is -2.20. The highest BCUT2D eigenvalue weighted by Crippen LogP contribution is 2.10. The van der Waals surface area contributed by atoms with Crippen LogP contribution in [-0.4, -0.2) is 91.2 Å². The van der Waals surface area contributed by atoms with E-state index in [1.807, 2.05) is 0 Å². The van der Waals surface area contributed by atoms with Gasteiger partial charge in [0.2, 0.25) is 0 Å². The van der Waals surface area contributed by atoms with Gasteiger partial charge in [-0.3, -0.25) is 0 Å². The summed E-state index contributed by atoms with van der Waals surface area (Å²) >= 11 is 0. The Kier molecular flexibility index (Phi) is 38.7. The maximum atomic E-state index is 9.25. The fraction of sp³-hybridized carbons (Fsp3) is 0.455. The van der Waals surface area contributed by atoms with Crippen LogP contribution in [0.2, 0.25) is 0 Å². The highest BCUT2D eigenvalue weighted by Gasteiger charge is 2.13. The Labute approximate surface area is 200 Å². The zero-order valence-electron chi connectivity index (χ0n) is 20.2. The first-order valence-electron chi connectivity index (χ1n) is 9.18. The molecule has 0 unspecified atom stereocenters. The number of aliphatic hydroxyl groups excluding tert-OH is 4. The van der Waals surface area contributed by atoms with Gasteiger partial charge in [0.15, 0.2) is 0 Å². The molecule has 0 aromatic heterocycles. The number of hydrogen-bond acceptors (Lipinski definition) is 8. The molecule has 12 nitrogen and oxygen atoms in total. The topological polar surface area (TPSA) is 230 Å². The van der Waals surface area contributed by atoms with Gasteiger partial charge >= 0.3 is 23.9 Å². The normalized spacial score (nSPS) is 8.71. The molecule has 0 saturated heterocycles. The molecule has 34 heavy (non-hydrogen) atoms. The highest BCUT2D eigenvalue weighted by molar-refractivity contribution is 5.79. The van der Waals surface area contributed by atoms with Crippen molar-refractivity contribution in [3.63, 3.8) is 0 Å². The van der Waals surface area contributed by atoms with Crippen molar-refractivity contribution in [2.24, 2.45) is 10.8 Å². The molecule has 12 heteroatoms. The molecule has 0 radical (unpaired) electrons. The van der Waals surface area contributed by atoms with Crippen LogP contribution in [0.5, 0.6) is 0 Å². The quantitative estimate of drug-likeness (QED) is 0.220. The molecule has 0 saturated carbocycles. The predicted molar refractivity (Wildman–Crippen MR) is 127 cm³/mol. The maximum absolute atomic E-state index is 9.25. The lowest BCUT2D eigenvalue weighted by atomic mass is 9.97. The molecule has 0 fully saturated rings. The molecular formula is C22H40O12. The summed E-state index contributed by atoms with van der Waals surface area (Å²) in [4.78, 5) is 37.0. The van der Waals surface area contributed by atoms with Gasteiger partial charge in [-0.25, -0.2) is 19.2 Å². The highest BCUT2D eigenvalue weighted by atomic mass is 16.4. The minimum absolute atomic E-state index is 0.0451. The SMILES string of the molecule is C=CC(=O)O.C=CC(=O)O.C=CC(=O)O.C=CC(=O)O.CC(C)(CO)CO.CC(C)(CO)CO. The molecule has 0 aromatic carbocycles. The number of aliphatic carboxylic acids is 4. The molecule has 0 aliphatic carbocycles. The lowest BCUT2D eigenvalue weighted by molar-refractivity contribution is -0.132. The third-order valence-electron chi connectivity index (χ3n) is 2.41. The monoisotopic (exact) mass is 496 g/mol. The van der Waals surface area contributed by atoms with E-state index < -0.39 is 23.9 Å².